The standard InChI is InChI=1S/C21H18FN5O/c22-15-4-1-3-13(9-15)18-6-5-14(10-25-18)20(28)26-19-16-11-27(12-17(16)19)21-23-7-2-8-24-21/h1-10,16-17,19H,11-12H2,(H,26,28)/t16-,17+,19?. The third-order valence-electron chi connectivity index (χ3n) is 5.47. The Balaban J connectivity index is 1.20. The number of fused-ring (bicyclic) bond motifs is 1. The van der Waals surface area contributed by atoms with Gasteiger partial charge in [-0.1, -0.05) is 12.1 Å². The predicted octanol–water partition coefficient (Wildman–Crippen LogP) is 2.54. The molecule has 2 fully saturated rings. The Kier molecular flexibility index (Phi) is 4.00. The van der Waals surface area contributed by atoms with Crippen LogP contribution in [0.2, 0.25) is 0 Å². The molecule has 1 amide bonds. The first-order valence-corrected chi connectivity index (χ1v) is 9.24. The lowest BCUT2D eigenvalue weighted by molar-refractivity contribution is 0.0946. The van der Waals surface area contributed by atoms with Crippen molar-refractivity contribution in [2.45, 2.75) is 6.04 Å². The Morgan fingerprint density at radius 1 is 1.04 bits per heavy atom. The van der Waals surface area contributed by atoms with Crippen molar-refractivity contribution in [3.05, 3.63) is 72.4 Å². The molecular formula is C21H18FN5O. The van der Waals surface area contributed by atoms with E-state index in [1.807, 2.05) is 0 Å². The third-order valence-corrected chi connectivity index (χ3v) is 5.47. The van der Waals surface area contributed by atoms with Crippen LogP contribution in [-0.2, 0) is 0 Å². The number of hydrogen-bond acceptors (Lipinski definition) is 5. The number of piperidine rings is 1. The van der Waals surface area contributed by atoms with Gasteiger partial charge >= 0.3 is 0 Å². The van der Waals surface area contributed by atoms with Gasteiger partial charge in [0.15, 0.2) is 0 Å². The number of anilines is 1. The summed E-state index contributed by atoms with van der Waals surface area (Å²) in [6.07, 6.45) is 5.02. The van der Waals surface area contributed by atoms with Crippen LogP contribution < -0.4 is 10.2 Å². The molecule has 1 saturated heterocycles. The van der Waals surface area contributed by atoms with E-state index in [-0.39, 0.29) is 17.8 Å². The Hall–Kier alpha value is -3.35. The molecule has 140 valence electrons. The van der Waals surface area contributed by atoms with E-state index in [9.17, 15) is 9.18 Å². The fraction of sp³-hybridized carbons (Fsp3) is 0.238. The van der Waals surface area contributed by atoms with E-state index in [1.165, 1.54) is 18.3 Å². The summed E-state index contributed by atoms with van der Waals surface area (Å²) in [6, 6.07) is 11.7. The topological polar surface area (TPSA) is 71.0 Å². The van der Waals surface area contributed by atoms with Crippen molar-refractivity contribution < 1.29 is 9.18 Å². The Morgan fingerprint density at radius 3 is 2.50 bits per heavy atom. The second kappa shape index (κ2) is 6.67. The van der Waals surface area contributed by atoms with Crippen LogP contribution in [0, 0.1) is 17.7 Å². The molecule has 1 aliphatic carbocycles. The van der Waals surface area contributed by atoms with E-state index in [0.29, 0.717) is 28.7 Å². The van der Waals surface area contributed by atoms with Gasteiger partial charge in [-0.15, -0.1) is 0 Å². The molecule has 7 heteroatoms. The van der Waals surface area contributed by atoms with Crippen LogP contribution in [0.15, 0.2) is 61.1 Å². The summed E-state index contributed by atoms with van der Waals surface area (Å²) >= 11 is 0. The summed E-state index contributed by atoms with van der Waals surface area (Å²) in [7, 11) is 0. The van der Waals surface area contributed by atoms with Gasteiger partial charge in [-0.3, -0.25) is 9.78 Å². The fourth-order valence-corrected chi connectivity index (χ4v) is 3.94. The lowest BCUT2D eigenvalue weighted by Gasteiger charge is -2.19. The van der Waals surface area contributed by atoms with Crippen LogP contribution in [0.1, 0.15) is 10.4 Å². The highest BCUT2D eigenvalue weighted by Crippen LogP contribution is 2.46. The SMILES string of the molecule is O=C(NC1[C@H]2CN(c3ncccn3)C[C@@H]12)c1ccc(-c2cccc(F)c2)nc1. The summed E-state index contributed by atoms with van der Waals surface area (Å²) < 4.78 is 13.4. The van der Waals surface area contributed by atoms with Crippen LogP contribution in [0.3, 0.4) is 0 Å². The molecule has 6 nitrogen and oxygen atoms in total. The molecule has 0 radical (unpaired) electrons. The minimum Gasteiger partial charge on any atom is -0.349 e. The molecule has 1 N–H and O–H groups in total. The number of benzene rings is 1. The van der Waals surface area contributed by atoms with Crippen molar-refractivity contribution in [1.29, 1.82) is 0 Å². The van der Waals surface area contributed by atoms with Crippen molar-refractivity contribution in [2.24, 2.45) is 11.8 Å². The van der Waals surface area contributed by atoms with Gasteiger partial charge in [0, 0.05) is 55.1 Å². The maximum atomic E-state index is 13.4. The van der Waals surface area contributed by atoms with E-state index < -0.39 is 0 Å². The van der Waals surface area contributed by atoms with Crippen molar-refractivity contribution in [3.8, 4) is 11.3 Å². The number of nitrogens with zero attached hydrogens (tertiary/aromatic N) is 4. The van der Waals surface area contributed by atoms with E-state index >= 15 is 0 Å². The van der Waals surface area contributed by atoms with Crippen LogP contribution in [0.4, 0.5) is 10.3 Å². The molecule has 2 aliphatic rings. The maximum Gasteiger partial charge on any atom is 0.253 e. The number of halogens is 1. The molecule has 1 unspecified atom stereocenters. The first kappa shape index (κ1) is 16.8. The Bertz CT molecular complexity index is 999. The van der Waals surface area contributed by atoms with Gasteiger partial charge in [-0.25, -0.2) is 14.4 Å². The van der Waals surface area contributed by atoms with E-state index in [0.717, 1.165) is 19.0 Å². The molecule has 2 aromatic heterocycles. The number of rotatable bonds is 4. The minimum atomic E-state index is -0.309. The molecule has 1 aromatic carbocycles. The molecular weight excluding hydrogens is 357 g/mol. The number of nitrogens with one attached hydrogen (secondary N) is 1. The van der Waals surface area contributed by atoms with Crippen molar-refractivity contribution in [1.82, 2.24) is 20.3 Å². The fourth-order valence-electron chi connectivity index (χ4n) is 3.94. The van der Waals surface area contributed by atoms with E-state index in [2.05, 4.69) is 25.2 Å². The quantitative estimate of drug-likeness (QED) is 0.759. The van der Waals surface area contributed by atoms with Gasteiger partial charge in [-0.05, 0) is 30.3 Å². The zero-order valence-corrected chi connectivity index (χ0v) is 15.0. The lowest BCUT2D eigenvalue weighted by Crippen LogP contribution is -2.35. The molecule has 0 bridgehead atoms. The molecule has 1 aliphatic heterocycles. The molecule has 3 heterocycles. The summed E-state index contributed by atoms with van der Waals surface area (Å²) in [5, 5.41) is 3.11. The largest absolute Gasteiger partial charge is 0.349 e. The molecule has 28 heavy (non-hydrogen) atoms. The van der Waals surface area contributed by atoms with Crippen LogP contribution >= 0.6 is 0 Å². The number of amides is 1. The second-order valence-electron chi connectivity index (χ2n) is 7.22. The number of carbonyl (C=O) groups is 1. The molecule has 3 atom stereocenters. The number of hydrogen-bond donors (Lipinski definition) is 1. The average molecular weight is 375 g/mol. The van der Waals surface area contributed by atoms with Gasteiger partial charge in [0.1, 0.15) is 5.82 Å². The smallest absolute Gasteiger partial charge is 0.253 e. The molecule has 1 saturated carbocycles. The van der Waals surface area contributed by atoms with Crippen LogP contribution in [0.5, 0.6) is 0 Å². The second-order valence-corrected chi connectivity index (χ2v) is 7.22. The predicted molar refractivity (Wildman–Crippen MR) is 102 cm³/mol. The summed E-state index contributed by atoms with van der Waals surface area (Å²) in [6.45, 7) is 1.72. The van der Waals surface area contributed by atoms with Gasteiger partial charge in [0.25, 0.3) is 5.91 Å². The zero-order chi connectivity index (χ0) is 19.1. The van der Waals surface area contributed by atoms with Crippen molar-refractivity contribution in [2.75, 3.05) is 18.0 Å². The Labute approximate surface area is 161 Å². The monoisotopic (exact) mass is 375 g/mol. The average Bonchev–Trinajstić information content (AvgIpc) is 3.17. The summed E-state index contributed by atoms with van der Waals surface area (Å²) in [5.41, 5.74) is 1.83. The summed E-state index contributed by atoms with van der Waals surface area (Å²) in [5.74, 6) is 1.19. The van der Waals surface area contributed by atoms with Crippen molar-refractivity contribution >= 4 is 11.9 Å². The third kappa shape index (κ3) is 3.09. The van der Waals surface area contributed by atoms with Gasteiger partial charge in [0.2, 0.25) is 5.95 Å². The van der Waals surface area contributed by atoms with Crippen LogP contribution in [-0.4, -0.2) is 40.0 Å². The normalized spacial score (nSPS) is 22.6. The Morgan fingerprint density at radius 2 is 1.82 bits per heavy atom. The van der Waals surface area contributed by atoms with Gasteiger partial charge in [-0.2, -0.15) is 0 Å². The van der Waals surface area contributed by atoms with Gasteiger partial charge < -0.3 is 10.2 Å². The summed E-state index contributed by atoms with van der Waals surface area (Å²) in [4.78, 5) is 27.6. The first-order valence-electron chi connectivity index (χ1n) is 9.24. The first-order chi connectivity index (χ1) is 13.7. The highest BCUT2D eigenvalue weighted by Gasteiger charge is 2.57. The maximum absolute atomic E-state index is 13.4. The van der Waals surface area contributed by atoms with E-state index in [4.69, 9.17) is 0 Å². The molecule has 0 spiro atoms. The number of pyridine rings is 1. The number of aromatic nitrogens is 3. The van der Waals surface area contributed by atoms with E-state index in [1.54, 1.807) is 42.7 Å². The van der Waals surface area contributed by atoms with Gasteiger partial charge in [0.05, 0.1) is 11.3 Å². The minimum absolute atomic E-state index is 0.125. The lowest BCUT2D eigenvalue weighted by atomic mass is 10.1. The molecule has 3 aromatic rings. The molecule has 5 rings (SSSR count). The zero-order valence-electron chi connectivity index (χ0n) is 15.0. The highest BCUT2D eigenvalue weighted by atomic mass is 19.1. The highest BCUT2D eigenvalue weighted by molar-refractivity contribution is 5.94. The van der Waals surface area contributed by atoms with Crippen LogP contribution in [0.25, 0.3) is 11.3 Å². The number of carbonyl (C=O) groups excluding carboxylic acids is 1. The van der Waals surface area contributed by atoms with Crippen molar-refractivity contribution in [3.63, 3.8) is 0 Å².